The Balaban J connectivity index is 2.30. The van der Waals surface area contributed by atoms with Crippen LogP contribution in [0.3, 0.4) is 0 Å². The molecule has 1 unspecified atom stereocenters. The molecule has 0 fully saturated rings. The van der Waals surface area contributed by atoms with Crippen molar-refractivity contribution in [3.63, 3.8) is 0 Å². The third-order valence-electron chi connectivity index (χ3n) is 2.53. The van der Waals surface area contributed by atoms with Crippen molar-refractivity contribution in [2.24, 2.45) is 0 Å². The lowest BCUT2D eigenvalue weighted by Crippen LogP contribution is -2.08. The van der Waals surface area contributed by atoms with Gasteiger partial charge in [-0.05, 0) is 42.5 Å². The van der Waals surface area contributed by atoms with Gasteiger partial charge in [-0.1, -0.05) is 29.8 Å². The third-order valence-corrected chi connectivity index (χ3v) is 2.77. The first-order valence-corrected chi connectivity index (χ1v) is 5.28. The summed E-state index contributed by atoms with van der Waals surface area (Å²) in [5.74, 6) is 0. The van der Waals surface area contributed by atoms with Crippen molar-refractivity contribution in [2.75, 3.05) is 0 Å². The summed E-state index contributed by atoms with van der Waals surface area (Å²) in [6.45, 7) is 0. The van der Waals surface area contributed by atoms with Crippen LogP contribution in [0.25, 0.3) is 5.57 Å². The molecule has 2 heteroatoms. The van der Waals surface area contributed by atoms with E-state index in [0.717, 1.165) is 29.8 Å². The quantitative estimate of drug-likeness (QED) is 0.751. The molecular weight excluding hydrogens is 196 g/mol. The lowest BCUT2D eigenvalue weighted by Gasteiger charge is -2.17. The van der Waals surface area contributed by atoms with Crippen molar-refractivity contribution in [1.29, 1.82) is 0 Å². The van der Waals surface area contributed by atoms with Gasteiger partial charge in [0.1, 0.15) is 0 Å². The van der Waals surface area contributed by atoms with Gasteiger partial charge in [-0.25, -0.2) is 0 Å². The summed E-state index contributed by atoms with van der Waals surface area (Å²) in [5, 5.41) is 10.3. The highest BCUT2D eigenvalue weighted by Gasteiger charge is 2.11. The van der Waals surface area contributed by atoms with Crippen molar-refractivity contribution < 1.29 is 5.11 Å². The molecular formula is C12H13ClO. The van der Waals surface area contributed by atoms with E-state index in [2.05, 4.69) is 0 Å². The summed E-state index contributed by atoms with van der Waals surface area (Å²) in [5.41, 5.74) is 2.35. The molecule has 1 nitrogen and oxygen atoms in total. The molecule has 0 bridgehead atoms. The highest BCUT2D eigenvalue weighted by molar-refractivity contribution is 6.30. The minimum absolute atomic E-state index is 0.280. The maximum atomic E-state index is 9.50. The first-order chi connectivity index (χ1) is 6.75. The van der Waals surface area contributed by atoms with Crippen LogP contribution in [0.4, 0.5) is 0 Å². The fraction of sp³-hybridized carbons (Fsp3) is 0.333. The molecule has 0 radical (unpaired) electrons. The van der Waals surface area contributed by atoms with Crippen LogP contribution in [0.2, 0.25) is 5.02 Å². The zero-order valence-electron chi connectivity index (χ0n) is 7.91. The Morgan fingerprint density at radius 2 is 2.21 bits per heavy atom. The SMILES string of the molecule is OC1C=C(c2cccc(Cl)c2)CCC1. The Morgan fingerprint density at radius 1 is 1.36 bits per heavy atom. The summed E-state index contributed by atoms with van der Waals surface area (Å²) >= 11 is 5.91. The molecule has 1 aliphatic rings. The fourth-order valence-corrected chi connectivity index (χ4v) is 2.02. The fourth-order valence-electron chi connectivity index (χ4n) is 1.83. The first kappa shape index (κ1) is 9.75. The molecule has 74 valence electrons. The lowest BCUT2D eigenvalue weighted by atomic mass is 9.92. The van der Waals surface area contributed by atoms with Crippen LogP contribution >= 0.6 is 11.6 Å². The minimum Gasteiger partial charge on any atom is -0.389 e. The minimum atomic E-state index is -0.280. The standard InChI is InChI=1S/C12H13ClO/c13-11-5-1-3-9(7-11)10-4-2-6-12(14)8-10/h1,3,5,7-8,12,14H,2,4,6H2. The average Bonchev–Trinajstić information content (AvgIpc) is 2.18. The van der Waals surface area contributed by atoms with Crippen LogP contribution in [0.15, 0.2) is 30.3 Å². The van der Waals surface area contributed by atoms with Crippen molar-refractivity contribution in [1.82, 2.24) is 0 Å². The second-order valence-corrected chi connectivity index (χ2v) is 4.10. The molecule has 14 heavy (non-hydrogen) atoms. The van der Waals surface area contributed by atoms with Gasteiger partial charge in [0.15, 0.2) is 0 Å². The van der Waals surface area contributed by atoms with Gasteiger partial charge in [0, 0.05) is 5.02 Å². The van der Waals surface area contributed by atoms with Gasteiger partial charge in [-0.2, -0.15) is 0 Å². The number of rotatable bonds is 1. The van der Waals surface area contributed by atoms with E-state index >= 15 is 0 Å². The number of halogens is 1. The van der Waals surface area contributed by atoms with Crippen molar-refractivity contribution in [2.45, 2.75) is 25.4 Å². The van der Waals surface area contributed by atoms with Crippen LogP contribution in [-0.4, -0.2) is 11.2 Å². The summed E-state index contributed by atoms with van der Waals surface area (Å²) in [6.07, 6.45) is 4.63. The second kappa shape index (κ2) is 4.16. The van der Waals surface area contributed by atoms with Crippen LogP contribution in [0, 0.1) is 0 Å². The van der Waals surface area contributed by atoms with Gasteiger partial charge in [-0.15, -0.1) is 0 Å². The normalized spacial score (nSPS) is 21.9. The maximum Gasteiger partial charge on any atom is 0.0726 e. The smallest absolute Gasteiger partial charge is 0.0726 e. The summed E-state index contributed by atoms with van der Waals surface area (Å²) in [4.78, 5) is 0. The molecule has 0 aliphatic heterocycles. The maximum absolute atomic E-state index is 9.50. The van der Waals surface area contributed by atoms with E-state index in [-0.39, 0.29) is 6.10 Å². The first-order valence-electron chi connectivity index (χ1n) is 4.90. The Morgan fingerprint density at radius 3 is 2.93 bits per heavy atom. The van der Waals surface area contributed by atoms with E-state index in [9.17, 15) is 5.11 Å². The highest BCUT2D eigenvalue weighted by Crippen LogP contribution is 2.28. The van der Waals surface area contributed by atoms with Crippen LogP contribution in [0.1, 0.15) is 24.8 Å². The molecule has 0 saturated carbocycles. The topological polar surface area (TPSA) is 20.2 Å². The van der Waals surface area contributed by atoms with E-state index < -0.39 is 0 Å². The molecule has 1 atom stereocenters. The third kappa shape index (κ3) is 2.17. The van der Waals surface area contributed by atoms with Gasteiger partial charge < -0.3 is 5.11 Å². The second-order valence-electron chi connectivity index (χ2n) is 3.66. The monoisotopic (exact) mass is 208 g/mol. The number of aliphatic hydroxyl groups excluding tert-OH is 1. The summed E-state index contributed by atoms with van der Waals surface area (Å²) in [7, 11) is 0. The molecule has 1 aromatic rings. The number of benzene rings is 1. The number of hydrogen-bond donors (Lipinski definition) is 1. The molecule has 0 heterocycles. The largest absolute Gasteiger partial charge is 0.389 e. The molecule has 1 aromatic carbocycles. The van der Waals surface area contributed by atoms with Crippen LogP contribution in [-0.2, 0) is 0 Å². The highest BCUT2D eigenvalue weighted by atomic mass is 35.5. The van der Waals surface area contributed by atoms with E-state index in [4.69, 9.17) is 11.6 Å². The van der Waals surface area contributed by atoms with E-state index in [1.807, 2.05) is 30.3 Å². The van der Waals surface area contributed by atoms with Gasteiger partial charge in [0.25, 0.3) is 0 Å². The molecule has 0 spiro atoms. The lowest BCUT2D eigenvalue weighted by molar-refractivity contribution is 0.206. The van der Waals surface area contributed by atoms with E-state index in [0.29, 0.717) is 0 Å². The Bertz CT molecular complexity index is 357. The molecule has 0 aromatic heterocycles. The Labute approximate surface area is 89.0 Å². The number of hydrogen-bond acceptors (Lipinski definition) is 1. The van der Waals surface area contributed by atoms with E-state index in [1.54, 1.807) is 0 Å². The number of allylic oxidation sites excluding steroid dienone is 1. The van der Waals surface area contributed by atoms with Gasteiger partial charge in [-0.3, -0.25) is 0 Å². The van der Waals surface area contributed by atoms with Crippen LogP contribution < -0.4 is 0 Å². The molecule has 0 saturated heterocycles. The average molecular weight is 209 g/mol. The zero-order valence-corrected chi connectivity index (χ0v) is 8.67. The summed E-state index contributed by atoms with van der Waals surface area (Å²) < 4.78 is 0. The predicted octanol–water partition coefficient (Wildman–Crippen LogP) is 3.27. The van der Waals surface area contributed by atoms with Crippen molar-refractivity contribution in [3.8, 4) is 0 Å². The van der Waals surface area contributed by atoms with Gasteiger partial charge in [0.05, 0.1) is 6.10 Å². The van der Waals surface area contributed by atoms with Gasteiger partial charge in [0.2, 0.25) is 0 Å². The number of aliphatic hydroxyl groups is 1. The Hall–Kier alpha value is -0.790. The molecule has 0 amide bonds. The van der Waals surface area contributed by atoms with Crippen LogP contribution in [0.5, 0.6) is 0 Å². The van der Waals surface area contributed by atoms with Gasteiger partial charge >= 0.3 is 0 Å². The molecule has 1 aliphatic carbocycles. The molecule has 1 N–H and O–H groups in total. The Kier molecular flexibility index (Phi) is 2.90. The molecule has 2 rings (SSSR count). The predicted molar refractivity (Wildman–Crippen MR) is 59.3 cm³/mol. The summed E-state index contributed by atoms with van der Waals surface area (Å²) in [6, 6.07) is 7.80. The van der Waals surface area contributed by atoms with Crippen molar-refractivity contribution in [3.05, 3.63) is 40.9 Å². The van der Waals surface area contributed by atoms with E-state index in [1.165, 1.54) is 5.57 Å². The van der Waals surface area contributed by atoms with Crippen molar-refractivity contribution >= 4 is 17.2 Å². The zero-order chi connectivity index (χ0) is 9.97.